The Morgan fingerprint density at radius 2 is 1.63 bits per heavy atom. The number of hydrogen-bond acceptors (Lipinski definition) is 7. The van der Waals surface area contributed by atoms with Crippen LogP contribution in [-0.4, -0.2) is 70.6 Å². The topological polar surface area (TPSA) is 166 Å². The van der Waals surface area contributed by atoms with Gasteiger partial charge in [0.15, 0.2) is 0 Å². The van der Waals surface area contributed by atoms with Gasteiger partial charge in [0, 0.05) is 64.2 Å². The van der Waals surface area contributed by atoms with Crippen molar-refractivity contribution in [1.82, 2.24) is 26.2 Å². The normalized spacial score (nSPS) is 27.6. The maximum Gasteiger partial charge on any atom is 0.255 e. The van der Waals surface area contributed by atoms with E-state index in [1.165, 1.54) is 0 Å². The monoisotopic (exact) mass is 892 g/mol. The first-order chi connectivity index (χ1) is 30.4. The van der Waals surface area contributed by atoms with Crippen molar-refractivity contribution in [2.24, 2.45) is 5.92 Å². The van der Waals surface area contributed by atoms with Crippen LogP contribution >= 0.6 is 23.2 Å². The first-order valence-corrected chi connectivity index (χ1v) is 23.3. The number of carbonyl (C=O) groups excluding carboxylic acids is 6. The second kappa shape index (κ2) is 17.5. The van der Waals surface area contributed by atoms with Crippen molar-refractivity contribution in [3.05, 3.63) is 104 Å². The van der Waals surface area contributed by atoms with E-state index in [9.17, 15) is 28.8 Å². The Balaban J connectivity index is 0.808. The smallest absolute Gasteiger partial charge is 0.255 e. The van der Waals surface area contributed by atoms with Crippen molar-refractivity contribution in [1.29, 1.82) is 0 Å². The van der Waals surface area contributed by atoms with Crippen LogP contribution in [0.2, 0.25) is 10.0 Å². The van der Waals surface area contributed by atoms with Crippen LogP contribution in [0.15, 0.2) is 66.2 Å². The first kappa shape index (κ1) is 43.2. The molecular formula is C49H54Cl2N6O6. The number of benzene rings is 3. The van der Waals surface area contributed by atoms with E-state index in [0.717, 1.165) is 72.8 Å². The third-order valence-electron chi connectivity index (χ3n) is 14.7. The Morgan fingerprint density at radius 3 is 2.40 bits per heavy atom. The van der Waals surface area contributed by atoms with Gasteiger partial charge in [0.2, 0.25) is 29.5 Å². The molecule has 0 radical (unpaired) electrons. The minimum atomic E-state index is -1.06. The molecule has 63 heavy (non-hydrogen) atoms. The number of nitrogens with zero attached hydrogens (tertiary/aromatic N) is 1. The maximum atomic E-state index is 14.7. The van der Waals surface area contributed by atoms with Gasteiger partial charge < -0.3 is 20.9 Å². The molecule has 4 aliphatic heterocycles. The molecule has 6 aliphatic rings. The predicted octanol–water partition coefficient (Wildman–Crippen LogP) is 7.08. The van der Waals surface area contributed by atoms with Gasteiger partial charge in [0.05, 0.1) is 6.04 Å². The second-order valence-corrected chi connectivity index (χ2v) is 19.3. The van der Waals surface area contributed by atoms with Crippen LogP contribution in [0, 0.1) is 5.92 Å². The summed E-state index contributed by atoms with van der Waals surface area (Å²) in [6.07, 6.45) is 11.2. The van der Waals surface area contributed by atoms with Crippen LogP contribution in [0.25, 0.3) is 6.08 Å². The fraction of sp³-hybridized carbons (Fsp3) is 0.469. The van der Waals surface area contributed by atoms with E-state index < -0.39 is 34.9 Å². The molecule has 2 saturated heterocycles. The van der Waals surface area contributed by atoms with Crippen molar-refractivity contribution in [2.75, 3.05) is 11.9 Å². The molecule has 0 aromatic heterocycles. The lowest BCUT2D eigenvalue weighted by atomic mass is 9.55. The molecule has 0 bridgehead atoms. The van der Waals surface area contributed by atoms with Gasteiger partial charge in [-0.15, -0.1) is 0 Å². The summed E-state index contributed by atoms with van der Waals surface area (Å²) in [5.41, 5.74) is 4.16. The van der Waals surface area contributed by atoms with Crippen LogP contribution in [0.4, 0.5) is 5.69 Å². The van der Waals surface area contributed by atoms with Gasteiger partial charge in [-0.2, -0.15) is 0 Å². The van der Waals surface area contributed by atoms with E-state index in [4.69, 9.17) is 23.2 Å². The van der Waals surface area contributed by atoms with Crippen molar-refractivity contribution < 1.29 is 28.8 Å². The molecule has 14 heteroatoms. The molecule has 330 valence electrons. The molecule has 2 saturated carbocycles. The van der Waals surface area contributed by atoms with Gasteiger partial charge in [-0.1, -0.05) is 84.4 Å². The molecule has 9 rings (SSSR count). The molecule has 1 unspecified atom stereocenters. The summed E-state index contributed by atoms with van der Waals surface area (Å²) in [5, 5.41) is 16.9. The van der Waals surface area contributed by atoms with Crippen LogP contribution in [0.1, 0.15) is 129 Å². The quantitative estimate of drug-likeness (QED) is 0.107. The zero-order valence-corrected chi connectivity index (χ0v) is 37.0. The fourth-order valence-corrected chi connectivity index (χ4v) is 12.2. The standard InChI is InChI=1S/C49H54Cl2N6O6/c1-28(24-30-9-6-12-35-36(30)27-57(46(35)62)39-19-20-40(58)55-44(39)60)8-7-23-52-43(59)29-13-16-34(17-14-29)53-45(61)42-41(31-10-5-11-32(50)25-31)49(48(56-42)21-3-2-4-22-48)37-18-15-33(51)26-38(37)54-47(49)63/h5-6,9-12,15,18,24-26,29,34,39,41-42,56H,2-4,7-8,13-14,16-17,19-23,27H2,1H3,(H,52,59)(H,53,61)(H,54,63)(H,55,58,60)/b28-24+/t29-,34-,39?,41-,42+,49+/m0/s1. The van der Waals surface area contributed by atoms with Crippen molar-refractivity contribution in [2.45, 2.75) is 132 Å². The van der Waals surface area contributed by atoms with E-state index in [-0.39, 0.29) is 47.9 Å². The van der Waals surface area contributed by atoms with E-state index >= 15 is 0 Å². The summed E-state index contributed by atoms with van der Waals surface area (Å²) in [4.78, 5) is 81.7. The lowest BCUT2D eigenvalue weighted by Gasteiger charge is -2.47. The Hall–Kier alpha value is -5.04. The van der Waals surface area contributed by atoms with Crippen molar-refractivity contribution in [3.8, 4) is 0 Å². The Labute approximate surface area is 377 Å². The highest BCUT2D eigenvalue weighted by Gasteiger charge is 2.72. The second-order valence-electron chi connectivity index (χ2n) is 18.5. The predicted molar refractivity (Wildman–Crippen MR) is 241 cm³/mol. The number of anilines is 1. The van der Waals surface area contributed by atoms with Gasteiger partial charge in [0.1, 0.15) is 11.5 Å². The number of hydrogen-bond donors (Lipinski definition) is 5. The van der Waals surface area contributed by atoms with Crippen molar-refractivity contribution >= 4 is 70.4 Å². The van der Waals surface area contributed by atoms with E-state index in [1.54, 1.807) is 17.0 Å². The van der Waals surface area contributed by atoms with E-state index in [1.807, 2.05) is 55.5 Å². The van der Waals surface area contributed by atoms with Gasteiger partial charge >= 0.3 is 0 Å². The summed E-state index contributed by atoms with van der Waals surface area (Å²) in [5.74, 6) is -1.86. The van der Waals surface area contributed by atoms with Crippen LogP contribution < -0.4 is 26.6 Å². The number of imide groups is 1. The number of allylic oxidation sites excluding steroid dienone is 1. The Kier molecular flexibility index (Phi) is 12.0. The molecule has 3 aromatic carbocycles. The molecular weight excluding hydrogens is 839 g/mol. The molecule has 4 heterocycles. The number of fused-ring (bicyclic) bond motifs is 4. The average molecular weight is 894 g/mol. The molecule has 5 N–H and O–H groups in total. The summed E-state index contributed by atoms with van der Waals surface area (Å²) >= 11 is 13.1. The average Bonchev–Trinajstić information content (AvgIpc) is 3.86. The number of halogens is 2. The highest BCUT2D eigenvalue weighted by molar-refractivity contribution is 6.31. The lowest BCUT2D eigenvalue weighted by Crippen LogP contribution is -2.60. The zero-order chi connectivity index (χ0) is 44.0. The number of nitrogens with one attached hydrogen (secondary N) is 5. The Bertz CT molecular complexity index is 2410. The third kappa shape index (κ3) is 7.86. The number of rotatable bonds is 10. The molecule has 12 nitrogen and oxygen atoms in total. The molecule has 4 atom stereocenters. The van der Waals surface area contributed by atoms with Gasteiger partial charge in [-0.3, -0.25) is 39.4 Å². The summed E-state index contributed by atoms with van der Waals surface area (Å²) in [6.45, 7) is 2.88. The minimum absolute atomic E-state index is 0.0278. The van der Waals surface area contributed by atoms with Crippen LogP contribution in [-0.2, 0) is 35.9 Å². The maximum absolute atomic E-state index is 14.7. The van der Waals surface area contributed by atoms with Crippen LogP contribution in [0.5, 0.6) is 0 Å². The Morgan fingerprint density at radius 1 is 0.873 bits per heavy atom. The van der Waals surface area contributed by atoms with Crippen molar-refractivity contribution in [3.63, 3.8) is 0 Å². The molecule has 3 aromatic rings. The van der Waals surface area contributed by atoms with Gasteiger partial charge in [-0.05, 0) is 117 Å². The third-order valence-corrected chi connectivity index (χ3v) is 15.2. The largest absolute Gasteiger partial charge is 0.356 e. The number of amides is 6. The lowest BCUT2D eigenvalue weighted by molar-refractivity contribution is -0.137. The molecule has 6 amide bonds. The molecule has 2 spiro atoms. The fourth-order valence-electron chi connectivity index (χ4n) is 11.8. The SMILES string of the molecule is C/C(=C\c1cccc2c1CN(C1CCC(=O)NC1=O)C2=O)CCCNC(=O)[C@H]1CC[C@H](NC(=O)[C@@H]2NC3(CCCCC3)[C@@]3(C(=O)Nc4cc(Cl)ccc43)[C@H]2c2cccc(Cl)c2)CC1. The molecule has 2 aliphatic carbocycles. The zero-order valence-electron chi connectivity index (χ0n) is 35.5. The van der Waals surface area contributed by atoms with E-state index in [2.05, 4.69) is 32.7 Å². The molecule has 4 fully saturated rings. The number of carbonyl (C=O) groups is 6. The van der Waals surface area contributed by atoms with Gasteiger partial charge in [-0.25, -0.2) is 0 Å². The summed E-state index contributed by atoms with van der Waals surface area (Å²) < 4.78 is 0. The van der Waals surface area contributed by atoms with Gasteiger partial charge in [0.25, 0.3) is 5.91 Å². The van der Waals surface area contributed by atoms with Crippen LogP contribution in [0.3, 0.4) is 0 Å². The summed E-state index contributed by atoms with van der Waals surface area (Å²) in [7, 11) is 0. The number of piperidine rings is 1. The first-order valence-electron chi connectivity index (χ1n) is 22.5. The highest BCUT2D eigenvalue weighted by atomic mass is 35.5. The van der Waals surface area contributed by atoms with E-state index in [0.29, 0.717) is 66.5 Å². The highest BCUT2D eigenvalue weighted by Crippen LogP contribution is 2.62. The minimum Gasteiger partial charge on any atom is -0.356 e. The summed E-state index contributed by atoms with van der Waals surface area (Å²) in [6, 6.07) is 17.3.